The van der Waals surface area contributed by atoms with Crippen LogP contribution < -0.4 is 14.9 Å². The van der Waals surface area contributed by atoms with Gasteiger partial charge in [-0.2, -0.15) is 0 Å². The van der Waals surface area contributed by atoms with Crippen molar-refractivity contribution in [2.75, 3.05) is 13.7 Å². The van der Waals surface area contributed by atoms with Gasteiger partial charge in [0.25, 0.3) is 5.91 Å². The number of carbonyl (C=O) groups is 1. The third kappa shape index (κ3) is 3.57. The third-order valence-electron chi connectivity index (χ3n) is 5.81. The Kier molecular flexibility index (Phi) is 5.49. The highest BCUT2D eigenvalue weighted by molar-refractivity contribution is 5.99. The zero-order chi connectivity index (χ0) is 23.8. The van der Waals surface area contributed by atoms with Gasteiger partial charge < -0.3 is 18.8 Å². The molecule has 1 unspecified atom stereocenters. The van der Waals surface area contributed by atoms with Gasteiger partial charge in [-0.25, -0.2) is 4.39 Å². The fraction of sp³-hybridized carbons (Fsp3) is 0.192. The lowest BCUT2D eigenvalue weighted by molar-refractivity contribution is 0.0714. The Morgan fingerprint density at radius 2 is 1.97 bits per heavy atom. The Bertz CT molecular complexity index is 1450. The first kappa shape index (κ1) is 21.6. The van der Waals surface area contributed by atoms with Crippen molar-refractivity contribution in [3.63, 3.8) is 0 Å². The average Bonchev–Trinajstić information content (AvgIpc) is 3.12. The number of hydrogen-bond acceptors (Lipinski definition) is 6. The van der Waals surface area contributed by atoms with Gasteiger partial charge in [0.2, 0.25) is 5.76 Å². The number of methoxy groups -OCH3 is 1. The summed E-state index contributed by atoms with van der Waals surface area (Å²) in [5.74, 6) is -0.0241. The molecule has 172 valence electrons. The molecule has 0 spiro atoms. The summed E-state index contributed by atoms with van der Waals surface area (Å²) >= 11 is 0. The molecule has 4 aromatic rings. The third-order valence-corrected chi connectivity index (χ3v) is 5.81. The Morgan fingerprint density at radius 3 is 2.71 bits per heavy atom. The molecular weight excluding hydrogens is 439 g/mol. The summed E-state index contributed by atoms with van der Waals surface area (Å²) < 4.78 is 30.9. The van der Waals surface area contributed by atoms with Crippen molar-refractivity contribution in [1.82, 2.24) is 9.88 Å². The van der Waals surface area contributed by atoms with E-state index in [1.807, 2.05) is 13.0 Å². The molecule has 1 atom stereocenters. The molecule has 0 saturated heterocycles. The summed E-state index contributed by atoms with van der Waals surface area (Å²) in [5.41, 5.74) is 1.30. The summed E-state index contributed by atoms with van der Waals surface area (Å²) in [5, 5.41) is 0.0812. The van der Waals surface area contributed by atoms with Crippen LogP contribution in [0.4, 0.5) is 4.39 Å². The monoisotopic (exact) mass is 460 g/mol. The van der Waals surface area contributed by atoms with Gasteiger partial charge in [0.05, 0.1) is 30.7 Å². The molecule has 1 amide bonds. The minimum atomic E-state index is -0.767. The fourth-order valence-corrected chi connectivity index (χ4v) is 4.32. The maximum Gasteiger partial charge on any atom is 0.291 e. The molecule has 8 heteroatoms. The van der Waals surface area contributed by atoms with E-state index in [1.165, 1.54) is 19.2 Å². The van der Waals surface area contributed by atoms with Gasteiger partial charge in [0.1, 0.15) is 11.4 Å². The van der Waals surface area contributed by atoms with Crippen LogP contribution >= 0.6 is 0 Å². The zero-order valence-electron chi connectivity index (χ0n) is 18.6. The van der Waals surface area contributed by atoms with Crippen molar-refractivity contribution in [1.29, 1.82) is 0 Å². The molecule has 3 heterocycles. The van der Waals surface area contributed by atoms with Gasteiger partial charge >= 0.3 is 0 Å². The number of fused-ring (bicyclic) bond motifs is 2. The molecule has 0 radical (unpaired) electrons. The lowest BCUT2D eigenvalue weighted by Crippen LogP contribution is -2.29. The van der Waals surface area contributed by atoms with Crippen LogP contribution in [0.5, 0.6) is 11.5 Å². The van der Waals surface area contributed by atoms with Crippen LogP contribution in [0.1, 0.15) is 40.2 Å². The summed E-state index contributed by atoms with van der Waals surface area (Å²) in [6.07, 6.45) is 3.30. The number of pyridine rings is 1. The number of amides is 1. The quantitative estimate of drug-likeness (QED) is 0.422. The second-order valence-corrected chi connectivity index (χ2v) is 7.85. The number of halogens is 1. The van der Waals surface area contributed by atoms with Crippen molar-refractivity contribution in [2.24, 2.45) is 0 Å². The molecule has 0 fully saturated rings. The first-order valence-electron chi connectivity index (χ1n) is 10.8. The standard InChI is InChI=1S/C26H21FN2O5/c1-3-33-20-8-6-16(11-21(20)32-2)23-22-24(30)18-12-17(27)7-9-19(18)34-25(22)26(31)29(23)14-15-5-4-10-28-13-15/h4-13,23H,3,14H2,1-2H3. The van der Waals surface area contributed by atoms with Crippen LogP contribution in [0, 0.1) is 5.82 Å². The Labute approximate surface area is 194 Å². The molecule has 0 saturated carbocycles. The number of ether oxygens (including phenoxy) is 2. The first-order valence-corrected chi connectivity index (χ1v) is 10.8. The molecule has 0 aliphatic carbocycles. The molecule has 0 N–H and O–H groups in total. The van der Waals surface area contributed by atoms with E-state index in [9.17, 15) is 14.0 Å². The normalized spacial score (nSPS) is 15.0. The highest BCUT2D eigenvalue weighted by Crippen LogP contribution is 2.41. The number of nitrogens with zero attached hydrogens (tertiary/aromatic N) is 2. The minimum absolute atomic E-state index is 0.0501. The fourth-order valence-electron chi connectivity index (χ4n) is 4.32. The Balaban J connectivity index is 1.72. The summed E-state index contributed by atoms with van der Waals surface area (Å²) in [4.78, 5) is 32.7. The summed E-state index contributed by atoms with van der Waals surface area (Å²) in [7, 11) is 1.52. The molecule has 5 rings (SSSR count). The van der Waals surface area contributed by atoms with Gasteiger partial charge in [0.15, 0.2) is 16.9 Å². The van der Waals surface area contributed by atoms with E-state index < -0.39 is 23.2 Å². The minimum Gasteiger partial charge on any atom is -0.493 e. The van der Waals surface area contributed by atoms with Crippen molar-refractivity contribution in [2.45, 2.75) is 19.5 Å². The Morgan fingerprint density at radius 1 is 1.12 bits per heavy atom. The SMILES string of the molecule is CCOc1ccc(C2c3c(oc4ccc(F)cc4c3=O)C(=O)N2Cc2cccnc2)cc1OC. The van der Waals surface area contributed by atoms with Gasteiger partial charge in [-0.15, -0.1) is 0 Å². The van der Waals surface area contributed by atoms with Crippen LogP contribution in [0.15, 0.2) is 70.1 Å². The van der Waals surface area contributed by atoms with E-state index in [4.69, 9.17) is 13.9 Å². The number of benzene rings is 2. The topological polar surface area (TPSA) is 81.9 Å². The summed E-state index contributed by atoms with van der Waals surface area (Å²) in [6, 6.07) is 11.8. The average molecular weight is 460 g/mol. The second-order valence-electron chi connectivity index (χ2n) is 7.85. The highest BCUT2D eigenvalue weighted by atomic mass is 19.1. The molecule has 2 aromatic heterocycles. The van der Waals surface area contributed by atoms with E-state index in [0.29, 0.717) is 23.7 Å². The van der Waals surface area contributed by atoms with E-state index in [0.717, 1.165) is 11.6 Å². The van der Waals surface area contributed by atoms with Crippen LogP contribution in [0.2, 0.25) is 0 Å². The second kappa shape index (κ2) is 8.62. The van der Waals surface area contributed by atoms with Crippen molar-refractivity contribution < 1.29 is 23.1 Å². The van der Waals surface area contributed by atoms with E-state index >= 15 is 0 Å². The van der Waals surface area contributed by atoms with Gasteiger partial charge in [-0.1, -0.05) is 12.1 Å². The maximum absolute atomic E-state index is 13.9. The van der Waals surface area contributed by atoms with Crippen molar-refractivity contribution in [3.8, 4) is 11.5 Å². The Hall–Kier alpha value is -4.20. The maximum atomic E-state index is 13.9. The number of carbonyl (C=O) groups excluding carboxylic acids is 1. The number of hydrogen-bond donors (Lipinski definition) is 0. The molecule has 34 heavy (non-hydrogen) atoms. The van der Waals surface area contributed by atoms with Crippen LogP contribution in [-0.2, 0) is 6.54 Å². The van der Waals surface area contributed by atoms with E-state index in [-0.39, 0.29) is 28.8 Å². The molecule has 2 aromatic carbocycles. The molecule has 1 aliphatic rings. The largest absolute Gasteiger partial charge is 0.493 e. The van der Waals surface area contributed by atoms with Gasteiger partial charge in [-0.05, 0) is 54.4 Å². The van der Waals surface area contributed by atoms with Crippen LogP contribution in [0.3, 0.4) is 0 Å². The first-order chi connectivity index (χ1) is 16.5. The lowest BCUT2D eigenvalue weighted by Gasteiger charge is -2.25. The van der Waals surface area contributed by atoms with E-state index in [2.05, 4.69) is 4.98 Å². The number of rotatable bonds is 6. The zero-order valence-corrected chi connectivity index (χ0v) is 18.6. The molecule has 1 aliphatic heterocycles. The molecule has 0 bridgehead atoms. The lowest BCUT2D eigenvalue weighted by atomic mass is 9.97. The van der Waals surface area contributed by atoms with Crippen LogP contribution in [-0.4, -0.2) is 29.5 Å². The predicted octanol–water partition coefficient (Wildman–Crippen LogP) is 4.48. The van der Waals surface area contributed by atoms with Crippen LogP contribution in [0.25, 0.3) is 11.0 Å². The summed E-state index contributed by atoms with van der Waals surface area (Å²) in [6.45, 7) is 2.51. The van der Waals surface area contributed by atoms with Crippen molar-refractivity contribution >= 4 is 16.9 Å². The predicted molar refractivity (Wildman–Crippen MR) is 123 cm³/mol. The van der Waals surface area contributed by atoms with E-state index in [1.54, 1.807) is 41.6 Å². The van der Waals surface area contributed by atoms with Gasteiger partial charge in [-0.3, -0.25) is 14.6 Å². The molecule has 7 nitrogen and oxygen atoms in total. The smallest absolute Gasteiger partial charge is 0.291 e. The highest BCUT2D eigenvalue weighted by Gasteiger charge is 2.43. The van der Waals surface area contributed by atoms with Crippen molar-refractivity contribution in [3.05, 3.63) is 99.4 Å². The number of aromatic nitrogens is 1. The molecular formula is C26H21FN2O5. The van der Waals surface area contributed by atoms with Gasteiger partial charge in [0, 0.05) is 18.9 Å².